The Bertz CT molecular complexity index is 186. The molecular weight excluding hydrogens is 220 g/mol. The summed E-state index contributed by atoms with van der Waals surface area (Å²) in [6, 6.07) is 0.629. The molecule has 0 heterocycles. The summed E-state index contributed by atoms with van der Waals surface area (Å²) in [5.74, 6) is 0. The van der Waals surface area contributed by atoms with Crippen LogP contribution in [0.1, 0.15) is 72.6 Å². The van der Waals surface area contributed by atoms with Gasteiger partial charge in [0.15, 0.2) is 0 Å². The Labute approximate surface area is 116 Å². The van der Waals surface area contributed by atoms with Crippen LogP contribution in [-0.2, 0) is 0 Å². The molecule has 110 valence electrons. The summed E-state index contributed by atoms with van der Waals surface area (Å²) in [5, 5.41) is 3.74. The molecule has 0 radical (unpaired) electrons. The zero-order chi connectivity index (χ0) is 14.0. The minimum absolute atomic E-state index is 0.322. The van der Waals surface area contributed by atoms with Gasteiger partial charge in [-0.25, -0.2) is 0 Å². The fourth-order valence-corrected chi connectivity index (χ4v) is 3.27. The molecule has 0 aliphatic heterocycles. The first-order chi connectivity index (χ1) is 8.58. The van der Waals surface area contributed by atoms with Crippen LogP contribution >= 0.6 is 0 Å². The summed E-state index contributed by atoms with van der Waals surface area (Å²) in [7, 11) is 4.48. The molecule has 0 aromatic carbocycles. The van der Waals surface area contributed by atoms with E-state index < -0.39 is 0 Å². The second-order valence-corrected chi connectivity index (χ2v) is 5.66. The monoisotopic (exact) mass is 256 g/mol. The number of rotatable bonds is 11. The molecule has 0 amide bonds. The van der Waals surface area contributed by atoms with Crippen molar-refractivity contribution in [2.45, 2.75) is 84.2 Å². The Morgan fingerprint density at radius 2 is 1.56 bits per heavy atom. The first-order valence-electron chi connectivity index (χ1n) is 7.99. The quantitative estimate of drug-likeness (QED) is 0.561. The first kappa shape index (κ1) is 17.9. The highest BCUT2D eigenvalue weighted by Gasteiger charge is 2.36. The van der Waals surface area contributed by atoms with Gasteiger partial charge in [0, 0.05) is 11.6 Å². The van der Waals surface area contributed by atoms with E-state index in [0.29, 0.717) is 11.6 Å². The molecule has 1 unspecified atom stereocenters. The normalized spacial score (nSPS) is 14.2. The minimum Gasteiger partial charge on any atom is -0.312 e. The van der Waals surface area contributed by atoms with Crippen LogP contribution in [0.3, 0.4) is 0 Å². The predicted molar refractivity (Wildman–Crippen MR) is 83.2 cm³/mol. The van der Waals surface area contributed by atoms with Gasteiger partial charge in [-0.2, -0.15) is 0 Å². The second kappa shape index (κ2) is 9.80. The molecule has 0 aliphatic rings. The molecular formula is C16H36N2. The van der Waals surface area contributed by atoms with Gasteiger partial charge in [0.05, 0.1) is 0 Å². The van der Waals surface area contributed by atoms with Gasteiger partial charge in [-0.05, 0) is 39.9 Å². The average Bonchev–Trinajstić information content (AvgIpc) is 2.36. The van der Waals surface area contributed by atoms with Crippen LogP contribution in [0.4, 0.5) is 0 Å². The lowest BCUT2D eigenvalue weighted by molar-refractivity contribution is 0.0835. The summed E-state index contributed by atoms with van der Waals surface area (Å²) in [6.45, 7) is 10.3. The molecule has 0 spiro atoms. The number of hydrogen-bond donors (Lipinski definition) is 1. The Balaban J connectivity index is 4.59. The molecule has 0 aromatic heterocycles. The second-order valence-electron chi connectivity index (χ2n) is 5.66. The van der Waals surface area contributed by atoms with Crippen molar-refractivity contribution in [2.75, 3.05) is 20.6 Å². The average molecular weight is 256 g/mol. The molecule has 0 rings (SSSR count). The van der Waals surface area contributed by atoms with Gasteiger partial charge in [-0.1, -0.05) is 53.4 Å². The van der Waals surface area contributed by atoms with Gasteiger partial charge in [0.1, 0.15) is 0 Å². The fraction of sp³-hybridized carbons (Fsp3) is 1.00. The van der Waals surface area contributed by atoms with Crippen LogP contribution in [0.15, 0.2) is 0 Å². The maximum Gasteiger partial charge on any atom is 0.0351 e. The van der Waals surface area contributed by atoms with Crippen molar-refractivity contribution in [3.63, 3.8) is 0 Å². The highest BCUT2D eigenvalue weighted by atomic mass is 15.2. The van der Waals surface area contributed by atoms with Crippen molar-refractivity contribution in [2.24, 2.45) is 0 Å². The van der Waals surface area contributed by atoms with E-state index in [0.717, 1.165) is 6.54 Å². The highest BCUT2D eigenvalue weighted by Crippen LogP contribution is 2.29. The topological polar surface area (TPSA) is 15.3 Å². The summed E-state index contributed by atoms with van der Waals surface area (Å²) in [4.78, 5) is 2.44. The summed E-state index contributed by atoms with van der Waals surface area (Å²) < 4.78 is 0. The van der Waals surface area contributed by atoms with E-state index >= 15 is 0 Å². The molecule has 1 N–H and O–H groups in total. The smallest absolute Gasteiger partial charge is 0.0351 e. The van der Waals surface area contributed by atoms with Crippen LogP contribution in [0.5, 0.6) is 0 Å². The Morgan fingerprint density at radius 1 is 0.944 bits per heavy atom. The summed E-state index contributed by atoms with van der Waals surface area (Å²) in [5.41, 5.74) is 0.322. The van der Waals surface area contributed by atoms with Crippen molar-refractivity contribution in [3.05, 3.63) is 0 Å². The maximum atomic E-state index is 3.74. The molecule has 0 saturated carbocycles. The number of likely N-dealkylation sites (N-methyl/N-ethyl adjacent to an activating group) is 2. The SMILES string of the molecule is CCCCCCC(NCC)C(CC)(CC)N(C)C. The van der Waals surface area contributed by atoms with Crippen LogP contribution < -0.4 is 5.32 Å². The Morgan fingerprint density at radius 3 is 1.94 bits per heavy atom. The van der Waals surface area contributed by atoms with Gasteiger partial charge >= 0.3 is 0 Å². The standard InChI is InChI=1S/C16H36N2/c1-7-11-12-13-14-15(17-10-4)16(8-2,9-3)18(5)6/h15,17H,7-14H2,1-6H3. The lowest BCUT2D eigenvalue weighted by atomic mass is 9.80. The van der Waals surface area contributed by atoms with Crippen molar-refractivity contribution < 1.29 is 0 Å². The molecule has 0 aromatic rings. The zero-order valence-corrected chi connectivity index (χ0v) is 13.7. The molecule has 0 bridgehead atoms. The third-order valence-corrected chi connectivity index (χ3v) is 4.56. The van der Waals surface area contributed by atoms with Gasteiger partial charge in [-0.15, -0.1) is 0 Å². The predicted octanol–water partition coefficient (Wildman–Crippen LogP) is 4.06. The number of hydrogen-bond acceptors (Lipinski definition) is 2. The Hall–Kier alpha value is -0.0800. The molecule has 0 saturated heterocycles. The van der Waals surface area contributed by atoms with Gasteiger partial charge < -0.3 is 10.2 Å². The zero-order valence-electron chi connectivity index (χ0n) is 13.7. The lowest BCUT2D eigenvalue weighted by Gasteiger charge is -2.45. The van der Waals surface area contributed by atoms with E-state index in [9.17, 15) is 0 Å². The maximum absolute atomic E-state index is 3.74. The van der Waals surface area contributed by atoms with Crippen molar-refractivity contribution in [1.82, 2.24) is 10.2 Å². The van der Waals surface area contributed by atoms with Crippen LogP contribution in [0, 0.1) is 0 Å². The van der Waals surface area contributed by atoms with Gasteiger partial charge in [0.2, 0.25) is 0 Å². The molecule has 2 heteroatoms. The van der Waals surface area contributed by atoms with Crippen molar-refractivity contribution >= 4 is 0 Å². The van der Waals surface area contributed by atoms with E-state index in [1.54, 1.807) is 0 Å². The Kier molecular flexibility index (Phi) is 9.76. The molecule has 0 fully saturated rings. The van der Waals surface area contributed by atoms with Crippen molar-refractivity contribution in [1.29, 1.82) is 0 Å². The van der Waals surface area contributed by atoms with Crippen LogP contribution in [0.2, 0.25) is 0 Å². The van der Waals surface area contributed by atoms with E-state index in [2.05, 4.69) is 52.0 Å². The number of nitrogens with one attached hydrogen (secondary N) is 1. The molecule has 1 atom stereocenters. The first-order valence-corrected chi connectivity index (χ1v) is 7.99. The molecule has 18 heavy (non-hydrogen) atoms. The third kappa shape index (κ3) is 4.89. The fourth-order valence-electron chi connectivity index (χ4n) is 3.27. The summed E-state index contributed by atoms with van der Waals surface area (Å²) in [6.07, 6.45) is 9.21. The lowest BCUT2D eigenvalue weighted by Crippen LogP contribution is -2.58. The number of nitrogens with zero attached hydrogens (tertiary/aromatic N) is 1. The van der Waals surface area contributed by atoms with Gasteiger partial charge in [-0.3, -0.25) is 0 Å². The highest BCUT2D eigenvalue weighted by molar-refractivity contribution is 4.96. The molecule has 2 nitrogen and oxygen atoms in total. The molecule has 0 aliphatic carbocycles. The summed E-state index contributed by atoms with van der Waals surface area (Å²) >= 11 is 0. The number of unbranched alkanes of at least 4 members (excludes halogenated alkanes) is 3. The van der Waals surface area contributed by atoms with E-state index in [4.69, 9.17) is 0 Å². The van der Waals surface area contributed by atoms with Crippen LogP contribution in [0.25, 0.3) is 0 Å². The van der Waals surface area contributed by atoms with Crippen LogP contribution in [-0.4, -0.2) is 37.1 Å². The van der Waals surface area contributed by atoms with E-state index in [1.165, 1.54) is 44.9 Å². The largest absolute Gasteiger partial charge is 0.312 e. The van der Waals surface area contributed by atoms with E-state index in [1.807, 2.05) is 0 Å². The third-order valence-electron chi connectivity index (χ3n) is 4.56. The minimum atomic E-state index is 0.322. The van der Waals surface area contributed by atoms with Crippen molar-refractivity contribution in [3.8, 4) is 0 Å². The van der Waals surface area contributed by atoms with E-state index in [-0.39, 0.29) is 0 Å². The van der Waals surface area contributed by atoms with Gasteiger partial charge in [0.25, 0.3) is 0 Å².